The highest BCUT2D eigenvalue weighted by Crippen LogP contribution is 2.23. The number of hydrogen-bond acceptors (Lipinski definition) is 4. The fourth-order valence-electron chi connectivity index (χ4n) is 2.02. The van der Waals surface area contributed by atoms with Crippen LogP contribution in [-0.2, 0) is 17.8 Å². The van der Waals surface area contributed by atoms with Crippen LogP contribution in [0.1, 0.15) is 0 Å². The van der Waals surface area contributed by atoms with Crippen molar-refractivity contribution in [2.24, 2.45) is 0 Å². The third kappa shape index (κ3) is 4.16. The number of aromatic nitrogens is 3. The molecule has 1 heterocycles. The topological polar surface area (TPSA) is 69.3 Å². The lowest BCUT2D eigenvalue weighted by Gasteiger charge is -2.15. The summed E-state index contributed by atoms with van der Waals surface area (Å²) in [5, 5.41) is 13.8. The minimum Gasteiger partial charge on any atom is -0.383 e. The van der Waals surface area contributed by atoms with Crippen molar-refractivity contribution in [1.29, 1.82) is 0 Å². The van der Waals surface area contributed by atoms with Gasteiger partial charge in [-0.3, -0.25) is 4.57 Å². The van der Waals surface area contributed by atoms with Crippen molar-refractivity contribution in [3.8, 4) is 11.4 Å². The summed E-state index contributed by atoms with van der Waals surface area (Å²) < 4.78 is 44.5. The Bertz CT molecular complexity index is 740. The molecule has 6 nitrogen and oxygen atoms in total. The van der Waals surface area contributed by atoms with Gasteiger partial charge in [-0.15, -0.1) is 5.10 Å². The van der Waals surface area contributed by atoms with Gasteiger partial charge in [0.1, 0.15) is 0 Å². The van der Waals surface area contributed by atoms with E-state index in [2.05, 4.69) is 5.10 Å². The van der Waals surface area contributed by atoms with Crippen LogP contribution in [0.15, 0.2) is 29.1 Å². The van der Waals surface area contributed by atoms with Gasteiger partial charge in [0.25, 0.3) is 0 Å². The second-order valence-corrected chi connectivity index (χ2v) is 5.43. The molecule has 10 heteroatoms. The molecule has 1 aromatic heterocycles. The molecule has 0 fully saturated rings. The van der Waals surface area contributed by atoms with Crippen molar-refractivity contribution in [2.45, 2.75) is 25.4 Å². The first-order valence-corrected chi connectivity index (χ1v) is 7.29. The molecular formula is C14H15ClF3N3O3. The maximum absolute atomic E-state index is 12.6. The third-order valence-corrected chi connectivity index (χ3v) is 3.52. The highest BCUT2D eigenvalue weighted by molar-refractivity contribution is 6.30. The minimum atomic E-state index is -4.84. The van der Waals surface area contributed by atoms with Crippen molar-refractivity contribution in [3.63, 3.8) is 0 Å². The Morgan fingerprint density at radius 2 is 1.96 bits per heavy atom. The number of nitrogens with zero attached hydrogens (tertiary/aromatic N) is 3. The van der Waals surface area contributed by atoms with Gasteiger partial charge in [0.2, 0.25) is 0 Å². The fraction of sp³-hybridized carbons (Fsp3) is 0.429. The van der Waals surface area contributed by atoms with Crippen LogP contribution in [0.3, 0.4) is 0 Å². The summed E-state index contributed by atoms with van der Waals surface area (Å²) in [6.45, 7) is -0.711. The lowest BCUT2D eigenvalue weighted by Crippen LogP contribution is -2.37. The van der Waals surface area contributed by atoms with Gasteiger partial charge in [-0.05, 0) is 24.3 Å². The number of benzene rings is 1. The first kappa shape index (κ1) is 18.5. The Morgan fingerprint density at radius 1 is 1.33 bits per heavy atom. The van der Waals surface area contributed by atoms with Crippen molar-refractivity contribution in [3.05, 3.63) is 39.8 Å². The Kier molecular flexibility index (Phi) is 5.68. The molecule has 24 heavy (non-hydrogen) atoms. The van der Waals surface area contributed by atoms with Gasteiger partial charge in [-0.2, -0.15) is 13.2 Å². The summed E-state index contributed by atoms with van der Waals surface area (Å²) >= 11 is 5.79. The molecule has 1 aromatic carbocycles. The molecule has 0 bridgehead atoms. The van der Waals surface area contributed by atoms with E-state index < -0.39 is 24.5 Å². The molecule has 0 saturated carbocycles. The SMILES string of the molecule is COCCn1nc(-c2ccc(Cl)cc2)n(C[C@H](O)C(F)(F)F)c1=O. The van der Waals surface area contributed by atoms with E-state index in [0.717, 1.165) is 9.25 Å². The Balaban J connectivity index is 2.47. The summed E-state index contributed by atoms with van der Waals surface area (Å²) in [7, 11) is 1.43. The zero-order chi connectivity index (χ0) is 17.9. The molecule has 2 rings (SSSR count). The van der Waals surface area contributed by atoms with Crippen molar-refractivity contribution in [1.82, 2.24) is 14.3 Å². The van der Waals surface area contributed by atoms with Crippen LogP contribution >= 0.6 is 11.6 Å². The van der Waals surface area contributed by atoms with Gasteiger partial charge < -0.3 is 9.84 Å². The number of ether oxygens (including phenoxy) is 1. The van der Waals surface area contributed by atoms with Gasteiger partial charge >= 0.3 is 11.9 Å². The number of hydrogen-bond donors (Lipinski definition) is 1. The van der Waals surface area contributed by atoms with E-state index in [1.54, 1.807) is 0 Å². The highest BCUT2D eigenvalue weighted by atomic mass is 35.5. The maximum atomic E-state index is 12.6. The van der Waals surface area contributed by atoms with Crippen molar-refractivity contribution >= 4 is 11.6 Å². The summed E-state index contributed by atoms with van der Waals surface area (Å²) in [6.07, 6.45) is -7.52. The first-order chi connectivity index (χ1) is 11.2. The van der Waals surface area contributed by atoms with E-state index in [4.69, 9.17) is 16.3 Å². The molecule has 0 spiro atoms. The molecular weight excluding hydrogens is 351 g/mol. The summed E-state index contributed by atoms with van der Waals surface area (Å²) in [5.41, 5.74) is -0.359. The van der Waals surface area contributed by atoms with Crippen LogP contribution in [0.25, 0.3) is 11.4 Å². The van der Waals surface area contributed by atoms with Gasteiger partial charge in [0.15, 0.2) is 11.9 Å². The summed E-state index contributed by atoms with van der Waals surface area (Å²) in [4.78, 5) is 12.3. The van der Waals surface area contributed by atoms with Crippen molar-refractivity contribution < 1.29 is 23.0 Å². The van der Waals surface area contributed by atoms with E-state index in [1.165, 1.54) is 31.4 Å². The van der Waals surface area contributed by atoms with Gasteiger partial charge in [-0.25, -0.2) is 9.48 Å². The zero-order valence-corrected chi connectivity index (χ0v) is 13.4. The van der Waals surface area contributed by atoms with E-state index in [-0.39, 0.29) is 19.0 Å². The molecule has 0 amide bonds. The van der Waals surface area contributed by atoms with Gasteiger partial charge in [0.05, 0.1) is 19.7 Å². The quantitative estimate of drug-likeness (QED) is 0.849. The van der Waals surface area contributed by atoms with Crippen LogP contribution < -0.4 is 5.69 Å². The minimum absolute atomic E-state index is 0.0102. The first-order valence-electron chi connectivity index (χ1n) is 6.91. The Hall–Kier alpha value is -1.84. The lowest BCUT2D eigenvalue weighted by atomic mass is 10.2. The van der Waals surface area contributed by atoms with Crippen LogP contribution in [0.4, 0.5) is 13.2 Å². The van der Waals surface area contributed by atoms with Crippen LogP contribution in [0, 0.1) is 0 Å². The monoisotopic (exact) mass is 365 g/mol. The molecule has 2 aromatic rings. The molecule has 0 aliphatic rings. The normalized spacial score (nSPS) is 13.2. The lowest BCUT2D eigenvalue weighted by molar-refractivity contribution is -0.207. The second kappa shape index (κ2) is 7.37. The van der Waals surface area contributed by atoms with E-state index >= 15 is 0 Å². The molecule has 0 aliphatic heterocycles. The molecule has 1 N–H and O–H groups in total. The van der Waals surface area contributed by atoms with Crippen LogP contribution in [0.5, 0.6) is 0 Å². The molecule has 0 unspecified atom stereocenters. The number of aliphatic hydroxyl groups is 1. The number of halogens is 4. The molecule has 0 radical (unpaired) electrons. The zero-order valence-electron chi connectivity index (χ0n) is 12.6. The largest absolute Gasteiger partial charge is 0.416 e. The smallest absolute Gasteiger partial charge is 0.383 e. The van der Waals surface area contributed by atoms with E-state index in [9.17, 15) is 23.1 Å². The average Bonchev–Trinajstić information content (AvgIpc) is 2.82. The van der Waals surface area contributed by atoms with E-state index in [1.807, 2.05) is 0 Å². The van der Waals surface area contributed by atoms with Crippen LogP contribution in [0.2, 0.25) is 5.02 Å². The molecule has 132 valence electrons. The Labute approximate surface area is 140 Å². The summed E-state index contributed by atoms with van der Waals surface area (Å²) in [5.74, 6) is 0.0102. The average molecular weight is 366 g/mol. The van der Waals surface area contributed by atoms with E-state index in [0.29, 0.717) is 10.6 Å². The number of methoxy groups -OCH3 is 1. The summed E-state index contributed by atoms with van der Waals surface area (Å²) in [6, 6.07) is 6.11. The fourth-order valence-corrected chi connectivity index (χ4v) is 2.14. The maximum Gasteiger partial charge on any atom is 0.416 e. The highest BCUT2D eigenvalue weighted by Gasteiger charge is 2.39. The van der Waals surface area contributed by atoms with Gasteiger partial charge in [0, 0.05) is 17.7 Å². The molecule has 1 atom stereocenters. The molecule has 0 saturated heterocycles. The number of rotatable bonds is 6. The predicted molar refractivity (Wildman–Crippen MR) is 80.9 cm³/mol. The van der Waals surface area contributed by atoms with Crippen LogP contribution in [-0.4, -0.2) is 45.5 Å². The molecule has 0 aliphatic carbocycles. The predicted octanol–water partition coefficient (Wildman–Crippen LogP) is 1.93. The number of alkyl halides is 3. The Morgan fingerprint density at radius 3 is 2.50 bits per heavy atom. The van der Waals surface area contributed by atoms with Gasteiger partial charge in [-0.1, -0.05) is 11.6 Å². The third-order valence-electron chi connectivity index (χ3n) is 3.27. The van der Waals surface area contributed by atoms with Crippen molar-refractivity contribution in [2.75, 3.05) is 13.7 Å². The number of aliphatic hydroxyl groups excluding tert-OH is 1. The second-order valence-electron chi connectivity index (χ2n) is 5.00. The standard InChI is InChI=1S/C14H15ClF3N3O3/c1-24-7-6-21-13(23)20(8-11(22)14(16,17)18)12(19-21)9-2-4-10(15)5-3-9/h2-5,11,22H,6-8H2,1H3/t11-/m0/s1.